The summed E-state index contributed by atoms with van der Waals surface area (Å²) >= 11 is 1.38. The number of hydrogen-bond donors (Lipinski definition) is 0. The Morgan fingerprint density at radius 3 is 2.64 bits per heavy atom. The van der Waals surface area contributed by atoms with Gasteiger partial charge in [0.1, 0.15) is 5.75 Å². The van der Waals surface area contributed by atoms with Crippen molar-refractivity contribution in [2.24, 2.45) is 0 Å². The van der Waals surface area contributed by atoms with E-state index in [1.54, 1.807) is 46.9 Å². The molecule has 0 atom stereocenters. The van der Waals surface area contributed by atoms with Crippen LogP contribution in [-0.2, 0) is 33.4 Å². The summed E-state index contributed by atoms with van der Waals surface area (Å²) in [5.41, 5.74) is 1.24. The molecule has 3 aromatic rings. The van der Waals surface area contributed by atoms with E-state index in [1.165, 1.54) is 24.6 Å². The summed E-state index contributed by atoms with van der Waals surface area (Å²) in [5.74, 6) is 0.279. The highest BCUT2D eigenvalue weighted by Gasteiger charge is 2.27. The lowest BCUT2D eigenvalue weighted by molar-refractivity contribution is 0.0689. The van der Waals surface area contributed by atoms with Gasteiger partial charge in [-0.1, -0.05) is 18.2 Å². The Kier molecular flexibility index (Phi) is 8.28. The minimum absolute atomic E-state index is 0.0374. The van der Waals surface area contributed by atoms with Gasteiger partial charge in [-0.05, 0) is 43.0 Å². The first-order valence-corrected chi connectivity index (χ1v) is 13.0. The molecule has 3 rings (SSSR count). The van der Waals surface area contributed by atoms with Crippen molar-refractivity contribution in [3.63, 3.8) is 0 Å². The van der Waals surface area contributed by atoms with Gasteiger partial charge in [-0.2, -0.15) is 0 Å². The largest absolute Gasteiger partial charge is 0.497 e. The molecular formula is C23H29N3O5S2. The molecule has 33 heavy (non-hydrogen) atoms. The Morgan fingerprint density at radius 1 is 1.21 bits per heavy atom. The van der Waals surface area contributed by atoms with Crippen LogP contribution in [0, 0.1) is 0 Å². The normalized spacial score (nSPS) is 11.7. The molecule has 0 radical (unpaired) electrons. The Hall–Kier alpha value is -2.69. The summed E-state index contributed by atoms with van der Waals surface area (Å²) < 4.78 is 38.6. The van der Waals surface area contributed by atoms with E-state index in [9.17, 15) is 13.2 Å². The van der Waals surface area contributed by atoms with Crippen molar-refractivity contribution in [2.75, 3.05) is 20.8 Å². The van der Waals surface area contributed by atoms with E-state index in [4.69, 9.17) is 9.47 Å². The maximum Gasteiger partial charge on any atom is 0.264 e. The standard InChI is InChI=1S/C23H29N3O5S2/c1-17(2)26(22(27)21-9-6-12-32-21)15-19-14-24-23(25(19)10-11-30-3)33(28,29)16-18-7-5-8-20(13-18)31-4/h5-9,12-14,17H,10-11,15-16H2,1-4H3. The highest BCUT2D eigenvalue weighted by atomic mass is 32.2. The number of carbonyl (C=O) groups is 1. The number of imidazole rings is 1. The zero-order valence-corrected chi connectivity index (χ0v) is 20.9. The number of hydrogen-bond acceptors (Lipinski definition) is 7. The molecule has 2 aromatic heterocycles. The number of thiophene rings is 1. The van der Waals surface area contributed by atoms with Gasteiger partial charge in [0.05, 0.1) is 42.8 Å². The van der Waals surface area contributed by atoms with Gasteiger partial charge >= 0.3 is 0 Å². The second-order valence-electron chi connectivity index (χ2n) is 7.79. The quantitative estimate of drug-likeness (QED) is 0.407. The highest BCUT2D eigenvalue weighted by molar-refractivity contribution is 7.90. The van der Waals surface area contributed by atoms with E-state index < -0.39 is 9.84 Å². The highest BCUT2D eigenvalue weighted by Crippen LogP contribution is 2.23. The molecule has 2 heterocycles. The monoisotopic (exact) mass is 491 g/mol. The average Bonchev–Trinajstić information content (AvgIpc) is 3.45. The van der Waals surface area contributed by atoms with Crippen molar-refractivity contribution in [1.82, 2.24) is 14.5 Å². The molecule has 0 unspecified atom stereocenters. The van der Waals surface area contributed by atoms with Crippen LogP contribution >= 0.6 is 11.3 Å². The first-order valence-electron chi connectivity index (χ1n) is 10.5. The zero-order valence-electron chi connectivity index (χ0n) is 19.2. The number of nitrogens with zero attached hydrogens (tertiary/aromatic N) is 3. The summed E-state index contributed by atoms with van der Waals surface area (Å²) in [6, 6.07) is 10.5. The summed E-state index contributed by atoms with van der Waals surface area (Å²) in [5, 5.41) is 1.82. The molecule has 0 aliphatic rings. The third-order valence-electron chi connectivity index (χ3n) is 5.14. The molecular weight excluding hydrogens is 462 g/mol. The van der Waals surface area contributed by atoms with Crippen LogP contribution in [0.3, 0.4) is 0 Å². The summed E-state index contributed by atoms with van der Waals surface area (Å²) in [6.07, 6.45) is 1.53. The molecule has 1 aromatic carbocycles. The SMILES string of the molecule is COCCn1c(CN(C(=O)c2cccs2)C(C)C)cnc1S(=O)(=O)Cc1cccc(OC)c1. The number of ether oxygens (including phenoxy) is 2. The van der Waals surface area contributed by atoms with Gasteiger partial charge in [-0.25, -0.2) is 13.4 Å². The maximum atomic E-state index is 13.3. The van der Waals surface area contributed by atoms with E-state index in [-0.39, 0.29) is 29.4 Å². The van der Waals surface area contributed by atoms with Crippen LogP contribution < -0.4 is 4.74 Å². The molecule has 0 saturated carbocycles. The second-order valence-corrected chi connectivity index (χ2v) is 10.6. The summed E-state index contributed by atoms with van der Waals surface area (Å²) in [7, 11) is -0.664. The number of rotatable bonds is 11. The van der Waals surface area contributed by atoms with Crippen LogP contribution in [0.5, 0.6) is 5.75 Å². The maximum absolute atomic E-state index is 13.3. The van der Waals surface area contributed by atoms with Gasteiger partial charge in [0.25, 0.3) is 5.91 Å². The number of aromatic nitrogens is 2. The van der Waals surface area contributed by atoms with E-state index >= 15 is 0 Å². The summed E-state index contributed by atoms with van der Waals surface area (Å²) in [6.45, 7) is 4.71. The van der Waals surface area contributed by atoms with Crippen LogP contribution in [0.25, 0.3) is 0 Å². The van der Waals surface area contributed by atoms with Crippen LogP contribution in [0.15, 0.2) is 53.1 Å². The Balaban J connectivity index is 1.93. The number of benzene rings is 1. The minimum Gasteiger partial charge on any atom is -0.497 e. The molecule has 0 fully saturated rings. The topological polar surface area (TPSA) is 90.7 Å². The third kappa shape index (κ3) is 6.01. The van der Waals surface area contributed by atoms with Crippen molar-refractivity contribution in [2.45, 2.75) is 43.9 Å². The number of methoxy groups -OCH3 is 2. The van der Waals surface area contributed by atoms with Crippen molar-refractivity contribution in [3.05, 3.63) is 64.1 Å². The van der Waals surface area contributed by atoms with Crippen LogP contribution in [0.4, 0.5) is 0 Å². The zero-order chi connectivity index (χ0) is 24.0. The predicted molar refractivity (Wildman–Crippen MR) is 127 cm³/mol. The number of carbonyl (C=O) groups excluding carboxylic acids is 1. The van der Waals surface area contributed by atoms with Crippen LogP contribution in [-0.4, -0.2) is 55.6 Å². The molecule has 178 valence electrons. The van der Waals surface area contributed by atoms with Gasteiger partial charge < -0.3 is 18.9 Å². The fourth-order valence-electron chi connectivity index (χ4n) is 3.44. The lowest BCUT2D eigenvalue weighted by atomic mass is 10.2. The number of amides is 1. The van der Waals surface area contributed by atoms with E-state index in [0.29, 0.717) is 35.0 Å². The molecule has 0 aliphatic carbocycles. The van der Waals surface area contributed by atoms with Crippen LogP contribution in [0.1, 0.15) is 34.8 Å². The smallest absolute Gasteiger partial charge is 0.264 e. The Labute approximate surface area is 198 Å². The van der Waals surface area contributed by atoms with Crippen molar-refractivity contribution in [3.8, 4) is 5.75 Å². The molecule has 8 nitrogen and oxygen atoms in total. The third-order valence-corrected chi connectivity index (χ3v) is 7.59. The molecule has 0 bridgehead atoms. The first-order chi connectivity index (χ1) is 15.8. The molecule has 0 spiro atoms. The Morgan fingerprint density at radius 2 is 2.00 bits per heavy atom. The molecule has 0 saturated heterocycles. The van der Waals surface area contributed by atoms with E-state index in [2.05, 4.69) is 4.98 Å². The fraction of sp³-hybridized carbons (Fsp3) is 0.391. The molecule has 0 aliphatic heterocycles. The van der Waals surface area contributed by atoms with Crippen molar-refractivity contribution < 1.29 is 22.7 Å². The first kappa shape index (κ1) is 24.9. The van der Waals surface area contributed by atoms with Gasteiger partial charge in [0, 0.05) is 19.7 Å². The number of sulfone groups is 1. The molecule has 0 N–H and O–H groups in total. The van der Waals surface area contributed by atoms with Crippen molar-refractivity contribution in [1.29, 1.82) is 0 Å². The lowest BCUT2D eigenvalue weighted by Gasteiger charge is -2.27. The van der Waals surface area contributed by atoms with Gasteiger partial charge in [0.15, 0.2) is 0 Å². The Bertz CT molecular complexity index is 1170. The second kappa shape index (κ2) is 11.0. The lowest BCUT2D eigenvalue weighted by Crippen LogP contribution is -2.36. The van der Waals surface area contributed by atoms with E-state index in [0.717, 1.165) is 0 Å². The molecule has 10 heteroatoms. The van der Waals surface area contributed by atoms with E-state index in [1.807, 2.05) is 25.3 Å². The average molecular weight is 492 g/mol. The van der Waals surface area contributed by atoms with Gasteiger partial charge in [-0.3, -0.25) is 4.79 Å². The van der Waals surface area contributed by atoms with Crippen LogP contribution in [0.2, 0.25) is 0 Å². The predicted octanol–water partition coefficient (Wildman–Crippen LogP) is 3.62. The van der Waals surface area contributed by atoms with Crippen molar-refractivity contribution >= 4 is 27.1 Å². The molecule has 1 amide bonds. The fourth-order valence-corrected chi connectivity index (χ4v) is 5.62. The van der Waals surface area contributed by atoms with Gasteiger partial charge in [-0.15, -0.1) is 11.3 Å². The van der Waals surface area contributed by atoms with Gasteiger partial charge in [0.2, 0.25) is 15.0 Å². The minimum atomic E-state index is -3.76. The summed E-state index contributed by atoms with van der Waals surface area (Å²) in [4.78, 5) is 19.7.